The second-order valence-electron chi connectivity index (χ2n) is 7.76. The van der Waals surface area contributed by atoms with E-state index in [-0.39, 0.29) is 5.97 Å². The molecule has 9 nitrogen and oxygen atoms in total. The Morgan fingerprint density at radius 2 is 0.824 bits per heavy atom. The van der Waals surface area contributed by atoms with Crippen LogP contribution in [-0.2, 0) is 42.7 Å². The highest BCUT2D eigenvalue weighted by Crippen LogP contribution is 2.08. The van der Waals surface area contributed by atoms with Gasteiger partial charge in [0.1, 0.15) is 6.61 Å². The maximum absolute atomic E-state index is 11.6. The van der Waals surface area contributed by atoms with Crippen molar-refractivity contribution in [2.75, 3.05) is 99.6 Å². The van der Waals surface area contributed by atoms with Gasteiger partial charge in [0.25, 0.3) is 0 Å². The number of carbonyl (C=O) groups is 1. The molecule has 0 N–H and O–H groups in total. The number of hydrogen-bond donors (Lipinski definition) is 0. The number of esters is 1. The van der Waals surface area contributed by atoms with E-state index in [4.69, 9.17) is 37.9 Å². The van der Waals surface area contributed by atoms with Crippen molar-refractivity contribution in [3.63, 3.8) is 0 Å². The molecular weight excluding hydrogens is 444 g/mol. The van der Waals surface area contributed by atoms with E-state index in [9.17, 15) is 4.79 Å². The summed E-state index contributed by atoms with van der Waals surface area (Å²) in [6.07, 6.45) is 8.85. The van der Waals surface area contributed by atoms with Crippen LogP contribution in [0.1, 0.15) is 58.3 Å². The van der Waals surface area contributed by atoms with Crippen LogP contribution in [0.25, 0.3) is 0 Å². The lowest BCUT2D eigenvalue weighted by molar-refractivity contribution is -0.145. The number of hydrogen-bond acceptors (Lipinski definition) is 9. The third-order valence-electron chi connectivity index (χ3n) is 4.77. The Kier molecular flexibility index (Phi) is 29.5. The number of unbranched alkanes of at least 4 members (excludes halogenated alkanes) is 6. The summed E-state index contributed by atoms with van der Waals surface area (Å²) in [5, 5.41) is 0. The first kappa shape index (κ1) is 33.2. The quantitative estimate of drug-likeness (QED) is 0.115. The highest BCUT2D eigenvalue weighted by Gasteiger charge is 2.02. The predicted molar refractivity (Wildman–Crippen MR) is 130 cm³/mol. The van der Waals surface area contributed by atoms with Crippen LogP contribution in [0.5, 0.6) is 0 Å². The molecule has 0 aliphatic heterocycles. The minimum atomic E-state index is -0.134. The molecule has 0 heterocycles. The van der Waals surface area contributed by atoms with E-state index in [1.54, 1.807) is 7.11 Å². The van der Waals surface area contributed by atoms with Crippen LogP contribution in [0.3, 0.4) is 0 Å². The fraction of sp³-hybridized carbons (Fsp3) is 0.960. The van der Waals surface area contributed by atoms with Gasteiger partial charge in [0.2, 0.25) is 0 Å². The summed E-state index contributed by atoms with van der Waals surface area (Å²) in [6.45, 7) is 9.27. The maximum Gasteiger partial charge on any atom is 0.305 e. The van der Waals surface area contributed by atoms with E-state index >= 15 is 0 Å². The minimum absolute atomic E-state index is 0.134. The zero-order chi connectivity index (χ0) is 24.8. The fourth-order valence-corrected chi connectivity index (χ4v) is 2.86. The summed E-state index contributed by atoms with van der Waals surface area (Å²) in [5.41, 5.74) is 0. The Morgan fingerprint density at radius 1 is 0.471 bits per heavy atom. The van der Waals surface area contributed by atoms with Gasteiger partial charge in [-0.15, -0.1) is 0 Å². The molecule has 204 valence electrons. The monoisotopic (exact) mass is 494 g/mol. The van der Waals surface area contributed by atoms with Crippen LogP contribution in [0.4, 0.5) is 0 Å². The Morgan fingerprint density at radius 3 is 1.24 bits per heavy atom. The lowest BCUT2D eigenvalue weighted by atomic mass is 10.1. The van der Waals surface area contributed by atoms with Crippen LogP contribution < -0.4 is 0 Å². The molecule has 0 aromatic rings. The van der Waals surface area contributed by atoms with Crippen molar-refractivity contribution in [1.82, 2.24) is 0 Å². The molecule has 0 aliphatic rings. The fourth-order valence-electron chi connectivity index (χ4n) is 2.86. The molecule has 0 fully saturated rings. The minimum Gasteiger partial charge on any atom is -0.463 e. The number of rotatable bonds is 29. The molecule has 0 bridgehead atoms. The third kappa shape index (κ3) is 29.2. The first-order valence-electron chi connectivity index (χ1n) is 12.9. The van der Waals surface area contributed by atoms with E-state index in [1.807, 2.05) is 0 Å². The van der Waals surface area contributed by atoms with Crippen LogP contribution in [0, 0.1) is 0 Å². The van der Waals surface area contributed by atoms with Gasteiger partial charge in [-0.25, -0.2) is 0 Å². The summed E-state index contributed by atoms with van der Waals surface area (Å²) in [6, 6.07) is 0. The van der Waals surface area contributed by atoms with Gasteiger partial charge >= 0.3 is 5.97 Å². The van der Waals surface area contributed by atoms with Crippen molar-refractivity contribution in [1.29, 1.82) is 0 Å². The first-order chi connectivity index (χ1) is 16.8. The SMILES string of the molecule is CCCCCCCCCC(=O)OCCOCCOCCOCCOCCOCCOCCOC. The van der Waals surface area contributed by atoms with Gasteiger partial charge in [0, 0.05) is 13.5 Å². The standard InChI is InChI=1S/C25H50O9/c1-3-4-5-6-7-8-9-10-25(26)34-24-23-33-22-21-32-20-19-31-18-17-30-16-15-29-14-13-28-12-11-27-2/h3-24H2,1-2H3. The largest absolute Gasteiger partial charge is 0.463 e. The number of carbonyl (C=O) groups excluding carboxylic acids is 1. The van der Waals surface area contributed by atoms with Crippen molar-refractivity contribution >= 4 is 5.97 Å². The summed E-state index contributed by atoms with van der Waals surface area (Å²) in [7, 11) is 1.65. The van der Waals surface area contributed by atoms with Gasteiger partial charge in [-0.05, 0) is 6.42 Å². The lowest BCUT2D eigenvalue weighted by Crippen LogP contribution is -2.15. The highest BCUT2D eigenvalue weighted by atomic mass is 16.6. The average molecular weight is 495 g/mol. The van der Waals surface area contributed by atoms with E-state index in [0.717, 1.165) is 12.8 Å². The Hall–Kier alpha value is -0.810. The number of ether oxygens (including phenoxy) is 8. The normalized spacial score (nSPS) is 11.2. The second kappa shape index (κ2) is 30.2. The zero-order valence-corrected chi connectivity index (χ0v) is 21.7. The molecule has 0 amide bonds. The summed E-state index contributed by atoms with van der Waals surface area (Å²) in [4.78, 5) is 11.6. The molecule has 0 spiro atoms. The molecule has 0 aromatic carbocycles. The van der Waals surface area contributed by atoms with Crippen molar-refractivity contribution < 1.29 is 42.7 Å². The summed E-state index contributed by atoms with van der Waals surface area (Å²) < 4.78 is 42.4. The first-order valence-corrected chi connectivity index (χ1v) is 12.9. The molecule has 9 heteroatoms. The van der Waals surface area contributed by atoms with E-state index in [0.29, 0.717) is 98.9 Å². The summed E-state index contributed by atoms with van der Waals surface area (Å²) in [5.74, 6) is -0.134. The van der Waals surface area contributed by atoms with E-state index in [1.165, 1.54) is 32.1 Å². The smallest absolute Gasteiger partial charge is 0.305 e. The van der Waals surface area contributed by atoms with Crippen LogP contribution in [0.15, 0.2) is 0 Å². The van der Waals surface area contributed by atoms with Crippen molar-refractivity contribution in [3.8, 4) is 0 Å². The van der Waals surface area contributed by atoms with Gasteiger partial charge in [-0.2, -0.15) is 0 Å². The third-order valence-corrected chi connectivity index (χ3v) is 4.77. The molecule has 0 radical (unpaired) electrons. The van der Waals surface area contributed by atoms with E-state index in [2.05, 4.69) is 6.92 Å². The number of methoxy groups -OCH3 is 1. The van der Waals surface area contributed by atoms with Gasteiger partial charge in [-0.1, -0.05) is 45.4 Å². The maximum atomic E-state index is 11.6. The molecule has 0 saturated carbocycles. The Balaban J connectivity index is 3.10. The molecular formula is C25H50O9. The zero-order valence-electron chi connectivity index (χ0n) is 21.7. The molecule has 0 saturated heterocycles. The van der Waals surface area contributed by atoms with Gasteiger partial charge in [0.05, 0.1) is 85.9 Å². The molecule has 0 aliphatic carbocycles. The molecule has 0 unspecified atom stereocenters. The highest BCUT2D eigenvalue weighted by molar-refractivity contribution is 5.69. The second-order valence-corrected chi connectivity index (χ2v) is 7.76. The summed E-state index contributed by atoms with van der Waals surface area (Å²) >= 11 is 0. The topological polar surface area (TPSA) is 90.9 Å². The average Bonchev–Trinajstić information content (AvgIpc) is 2.84. The van der Waals surface area contributed by atoms with Crippen LogP contribution >= 0.6 is 0 Å². The van der Waals surface area contributed by atoms with Gasteiger partial charge < -0.3 is 37.9 Å². The lowest BCUT2D eigenvalue weighted by Gasteiger charge is -2.08. The molecule has 34 heavy (non-hydrogen) atoms. The molecule has 0 aromatic heterocycles. The van der Waals surface area contributed by atoms with Crippen molar-refractivity contribution in [2.24, 2.45) is 0 Å². The molecule has 0 rings (SSSR count). The van der Waals surface area contributed by atoms with Gasteiger partial charge in [-0.3, -0.25) is 4.79 Å². The molecule has 0 atom stereocenters. The van der Waals surface area contributed by atoms with E-state index < -0.39 is 0 Å². The Bertz CT molecular complexity index is 397. The van der Waals surface area contributed by atoms with Crippen LogP contribution in [0.2, 0.25) is 0 Å². The van der Waals surface area contributed by atoms with Gasteiger partial charge in [0.15, 0.2) is 0 Å². The van der Waals surface area contributed by atoms with Crippen molar-refractivity contribution in [3.05, 3.63) is 0 Å². The van der Waals surface area contributed by atoms with Crippen molar-refractivity contribution in [2.45, 2.75) is 58.3 Å². The Labute approximate surface area is 207 Å². The van der Waals surface area contributed by atoms with Crippen LogP contribution in [-0.4, -0.2) is 106 Å². The predicted octanol–water partition coefficient (Wildman–Crippen LogP) is 3.42.